The third-order valence-electron chi connectivity index (χ3n) is 8.98. The van der Waals surface area contributed by atoms with Crippen molar-refractivity contribution in [2.75, 3.05) is 39.8 Å². The molecule has 0 aliphatic carbocycles. The van der Waals surface area contributed by atoms with Crippen LogP contribution in [0.1, 0.15) is 50.8 Å². The average molecular weight is 627 g/mol. The number of hydrogen-bond acceptors (Lipinski definition) is 6. The van der Waals surface area contributed by atoms with Gasteiger partial charge in [-0.05, 0) is 79.9 Å². The minimum Gasteiger partial charge on any atom is -0.338 e. The average Bonchev–Trinajstić information content (AvgIpc) is 3.66. The van der Waals surface area contributed by atoms with Gasteiger partial charge in [-0.1, -0.05) is 61.3 Å². The van der Waals surface area contributed by atoms with Crippen molar-refractivity contribution < 1.29 is 9.59 Å². The van der Waals surface area contributed by atoms with E-state index in [0.717, 1.165) is 41.5 Å². The Morgan fingerprint density at radius 2 is 1.57 bits per heavy atom. The van der Waals surface area contributed by atoms with Crippen molar-refractivity contribution in [1.82, 2.24) is 19.6 Å². The van der Waals surface area contributed by atoms with Gasteiger partial charge in [0.2, 0.25) is 5.91 Å². The highest BCUT2D eigenvalue weighted by Crippen LogP contribution is 2.56. The predicted molar refractivity (Wildman–Crippen MR) is 171 cm³/mol. The van der Waals surface area contributed by atoms with Crippen LogP contribution in [0.25, 0.3) is 0 Å². The van der Waals surface area contributed by atoms with Gasteiger partial charge in [0.25, 0.3) is 5.91 Å². The normalized spacial score (nSPS) is 26.4. The molecule has 2 fully saturated rings. The monoisotopic (exact) mass is 625 g/mol. The van der Waals surface area contributed by atoms with Gasteiger partial charge >= 0.3 is 0 Å². The Labute approximate surface area is 262 Å². The number of carbonyl (C=O) groups excluding carboxylic acids is 2. The van der Waals surface area contributed by atoms with E-state index in [1.807, 2.05) is 58.3 Å². The summed E-state index contributed by atoms with van der Waals surface area (Å²) in [4.78, 5) is 42.2. The molecule has 4 aliphatic rings. The summed E-state index contributed by atoms with van der Waals surface area (Å²) in [6.45, 7) is 10.1. The second-order valence-corrected chi connectivity index (χ2v) is 14.0. The smallest absolute Gasteiger partial charge is 0.263 e. The fourth-order valence-corrected chi connectivity index (χ4v) is 8.31. The molecule has 4 aliphatic heterocycles. The van der Waals surface area contributed by atoms with E-state index >= 15 is 0 Å². The lowest BCUT2D eigenvalue weighted by molar-refractivity contribution is -0.143. The topological polar surface area (TPSA) is 59.5 Å². The summed E-state index contributed by atoms with van der Waals surface area (Å²) in [6, 6.07) is 15.2. The number of benzene rings is 2. The third-order valence-corrected chi connectivity index (χ3v) is 10.5. The molecular weight excluding hydrogens is 589 g/mol. The second-order valence-electron chi connectivity index (χ2n) is 12.1. The Morgan fingerprint density at radius 3 is 2.19 bits per heavy atom. The lowest BCUT2D eigenvalue weighted by Crippen LogP contribution is -2.53. The number of aliphatic imine (C=N–C) groups is 1. The van der Waals surface area contributed by atoms with E-state index in [-0.39, 0.29) is 23.8 Å². The predicted octanol–water partition coefficient (Wildman–Crippen LogP) is 6.00. The van der Waals surface area contributed by atoms with Gasteiger partial charge in [-0.15, -0.1) is 0 Å². The molecule has 2 saturated heterocycles. The van der Waals surface area contributed by atoms with E-state index in [9.17, 15) is 9.59 Å². The zero-order valence-corrected chi connectivity index (χ0v) is 26.8. The van der Waals surface area contributed by atoms with Gasteiger partial charge in [0, 0.05) is 48.5 Å². The maximum atomic E-state index is 14.4. The molecule has 6 rings (SSSR count). The number of fused-ring (bicyclic) bond motifs is 1. The number of thioether (sulfide) groups is 1. The van der Waals surface area contributed by atoms with Crippen LogP contribution >= 0.6 is 35.0 Å². The van der Waals surface area contributed by atoms with Crippen molar-refractivity contribution in [1.29, 1.82) is 0 Å². The Morgan fingerprint density at radius 1 is 0.952 bits per heavy atom. The van der Waals surface area contributed by atoms with Crippen molar-refractivity contribution in [3.05, 3.63) is 80.3 Å². The number of likely N-dealkylation sites (tertiary alicyclic amines) is 1. The molecule has 2 amide bonds. The number of nitrogens with zero attached hydrogens (tertiary/aromatic N) is 5. The first-order valence-corrected chi connectivity index (χ1v) is 16.3. The lowest BCUT2D eigenvalue weighted by Gasteiger charge is -2.37. The van der Waals surface area contributed by atoms with Gasteiger partial charge in [-0.25, -0.2) is 4.99 Å². The quantitative estimate of drug-likeness (QED) is 0.408. The fraction of sp³-hybridized carbons (Fsp3) is 0.469. The Hall–Kier alpha value is -2.52. The molecule has 0 saturated carbocycles. The molecule has 0 spiro atoms. The van der Waals surface area contributed by atoms with E-state index in [1.54, 1.807) is 0 Å². The minimum atomic E-state index is -0.622. The van der Waals surface area contributed by atoms with Crippen molar-refractivity contribution in [3.8, 4) is 0 Å². The Kier molecular flexibility index (Phi) is 8.11. The molecule has 0 aromatic heterocycles. The van der Waals surface area contributed by atoms with Crippen LogP contribution in [-0.4, -0.2) is 82.4 Å². The van der Waals surface area contributed by atoms with Crippen LogP contribution in [0.4, 0.5) is 0 Å². The zero-order chi connectivity index (χ0) is 29.8. The highest BCUT2D eigenvalue weighted by Gasteiger charge is 2.54. The highest BCUT2D eigenvalue weighted by atomic mass is 35.5. The number of carbonyl (C=O) groups is 2. The molecule has 2 aromatic carbocycles. The summed E-state index contributed by atoms with van der Waals surface area (Å²) in [7, 11) is 2.08. The van der Waals surface area contributed by atoms with Crippen LogP contribution in [0.15, 0.2) is 64.1 Å². The van der Waals surface area contributed by atoms with Crippen LogP contribution < -0.4 is 0 Å². The van der Waals surface area contributed by atoms with Crippen molar-refractivity contribution in [2.24, 2.45) is 10.9 Å². The molecule has 2 aromatic rings. The molecule has 3 atom stereocenters. The van der Waals surface area contributed by atoms with Gasteiger partial charge in [0.1, 0.15) is 16.5 Å². The molecule has 10 heteroatoms. The van der Waals surface area contributed by atoms with E-state index in [4.69, 9.17) is 28.2 Å². The first-order valence-electron chi connectivity index (χ1n) is 14.7. The Balaban J connectivity index is 1.37. The molecule has 0 bridgehead atoms. The van der Waals surface area contributed by atoms with Crippen LogP contribution in [0.2, 0.25) is 10.0 Å². The SMILES string of the molecule is CC(C)C1=C(C(=O)N2CCC[C@H]2C(=O)N2CCN(C)CC2)SC2=N[C@@](C)(c3ccc(Cl)cc3)[C@@H](c3ccc(Cl)cc3)N21. The molecule has 42 heavy (non-hydrogen) atoms. The summed E-state index contributed by atoms with van der Waals surface area (Å²) in [5.41, 5.74) is 2.44. The number of hydrogen-bond donors (Lipinski definition) is 0. The number of amides is 2. The first kappa shape index (κ1) is 29.5. The highest BCUT2D eigenvalue weighted by molar-refractivity contribution is 8.18. The van der Waals surface area contributed by atoms with Gasteiger partial charge in [-0.2, -0.15) is 0 Å². The molecule has 0 unspecified atom stereocenters. The number of piperazine rings is 1. The first-order chi connectivity index (χ1) is 20.1. The molecule has 222 valence electrons. The number of halogens is 2. The lowest BCUT2D eigenvalue weighted by atomic mass is 9.81. The third kappa shape index (κ3) is 5.14. The van der Waals surface area contributed by atoms with E-state index in [1.165, 1.54) is 11.8 Å². The van der Waals surface area contributed by atoms with Crippen LogP contribution in [-0.2, 0) is 15.1 Å². The van der Waals surface area contributed by atoms with Gasteiger partial charge < -0.3 is 19.6 Å². The number of likely N-dealkylation sites (N-methyl/N-ethyl adjacent to an activating group) is 1. The van der Waals surface area contributed by atoms with Crippen LogP contribution in [0, 0.1) is 5.92 Å². The van der Waals surface area contributed by atoms with Crippen molar-refractivity contribution in [2.45, 2.75) is 51.2 Å². The summed E-state index contributed by atoms with van der Waals surface area (Å²) in [5.74, 6) is 0.0746. The molecule has 0 radical (unpaired) electrons. The zero-order valence-electron chi connectivity index (χ0n) is 24.5. The van der Waals surface area contributed by atoms with E-state index in [2.05, 4.69) is 37.6 Å². The maximum absolute atomic E-state index is 14.4. The van der Waals surface area contributed by atoms with Crippen LogP contribution in [0.3, 0.4) is 0 Å². The van der Waals surface area contributed by atoms with E-state index < -0.39 is 11.6 Å². The number of rotatable bonds is 5. The summed E-state index contributed by atoms with van der Waals surface area (Å²) in [5, 5.41) is 2.15. The van der Waals surface area contributed by atoms with Gasteiger partial charge in [-0.3, -0.25) is 9.59 Å². The van der Waals surface area contributed by atoms with Gasteiger partial charge in [0.05, 0.1) is 6.04 Å². The van der Waals surface area contributed by atoms with Crippen molar-refractivity contribution in [3.63, 3.8) is 0 Å². The van der Waals surface area contributed by atoms with Crippen molar-refractivity contribution >= 4 is 51.9 Å². The molecular formula is C32H37Cl2N5O2S. The van der Waals surface area contributed by atoms with Crippen LogP contribution in [0.5, 0.6) is 0 Å². The largest absolute Gasteiger partial charge is 0.338 e. The summed E-state index contributed by atoms with van der Waals surface area (Å²) < 4.78 is 0. The maximum Gasteiger partial charge on any atom is 0.263 e. The van der Waals surface area contributed by atoms with Gasteiger partial charge in [0.15, 0.2) is 5.17 Å². The second kappa shape index (κ2) is 11.5. The molecule has 4 heterocycles. The molecule has 0 N–H and O–H groups in total. The standard InChI is InChI=1S/C32H37Cl2N5O2S/c1-20(2)26-27(30(41)38-15-5-6-25(38)29(40)37-18-16-36(4)17-19-37)42-31-35-32(3,22-9-13-24(34)14-10-22)28(39(26)31)21-7-11-23(33)12-8-21/h7-14,20,25,28H,5-6,15-19H2,1-4H3/t25-,28+,32-/m0/s1. The number of amidine groups is 1. The summed E-state index contributed by atoms with van der Waals surface area (Å²) >= 11 is 14.0. The van der Waals surface area contributed by atoms with E-state index in [0.29, 0.717) is 41.0 Å². The minimum absolute atomic E-state index is 0.0564. The fourth-order valence-electron chi connectivity index (χ4n) is 6.70. The molecule has 7 nitrogen and oxygen atoms in total. The Bertz CT molecular complexity index is 1440. The number of allylic oxidation sites excluding steroid dienone is 1. The summed E-state index contributed by atoms with van der Waals surface area (Å²) in [6.07, 6.45) is 1.54.